The van der Waals surface area contributed by atoms with Crippen LogP contribution in [0.5, 0.6) is 0 Å². The highest BCUT2D eigenvalue weighted by Gasteiger charge is 2.44. The average Bonchev–Trinajstić information content (AvgIpc) is 2.22. The van der Waals surface area contributed by atoms with Gasteiger partial charge in [-0.15, -0.1) is 0 Å². The molecule has 4 N–H and O–H groups in total. The number of carbonyl (C=O) groups excluding carboxylic acids is 1. The Morgan fingerprint density at radius 2 is 2.31 bits per heavy atom. The lowest BCUT2D eigenvalue weighted by Gasteiger charge is -2.46. The molecule has 1 saturated heterocycles. The number of hydrogen-bond acceptors (Lipinski definition) is 5. The zero-order chi connectivity index (χ0) is 12.3. The van der Waals surface area contributed by atoms with Crippen molar-refractivity contribution >= 4 is 5.97 Å². The molecule has 1 fully saturated rings. The lowest BCUT2D eigenvalue weighted by molar-refractivity contribution is -0.154. The zero-order valence-electron chi connectivity index (χ0n) is 10.2. The van der Waals surface area contributed by atoms with Crippen molar-refractivity contribution in [3.8, 4) is 0 Å². The second-order valence-corrected chi connectivity index (χ2v) is 4.52. The summed E-state index contributed by atoms with van der Waals surface area (Å²) in [7, 11) is 0. The third kappa shape index (κ3) is 2.14. The largest absolute Gasteiger partial charge is 0.466 e. The fourth-order valence-corrected chi connectivity index (χ4v) is 2.12. The SMILES string of the molecule is CCOC(=O)C1CC/C(=C/N)N(N)C1(C)C. The van der Waals surface area contributed by atoms with E-state index in [0.717, 1.165) is 12.1 Å². The van der Waals surface area contributed by atoms with E-state index in [4.69, 9.17) is 16.3 Å². The van der Waals surface area contributed by atoms with E-state index in [1.807, 2.05) is 13.8 Å². The Hall–Kier alpha value is -1.23. The lowest BCUT2D eigenvalue weighted by atomic mass is 9.79. The molecule has 0 saturated carbocycles. The monoisotopic (exact) mass is 227 g/mol. The third-order valence-corrected chi connectivity index (χ3v) is 3.24. The molecule has 0 spiro atoms. The number of rotatable bonds is 2. The van der Waals surface area contributed by atoms with Gasteiger partial charge in [0, 0.05) is 11.9 Å². The van der Waals surface area contributed by atoms with Crippen molar-refractivity contribution in [2.45, 2.75) is 39.2 Å². The van der Waals surface area contributed by atoms with Crippen LogP contribution in [0.2, 0.25) is 0 Å². The maximum atomic E-state index is 11.8. The van der Waals surface area contributed by atoms with Gasteiger partial charge in [0.2, 0.25) is 0 Å². The van der Waals surface area contributed by atoms with E-state index in [0.29, 0.717) is 13.0 Å². The topological polar surface area (TPSA) is 81.6 Å². The molecular weight excluding hydrogens is 206 g/mol. The Bertz CT molecular complexity index is 300. The van der Waals surface area contributed by atoms with Crippen molar-refractivity contribution in [2.75, 3.05) is 6.61 Å². The van der Waals surface area contributed by atoms with Crippen LogP contribution in [-0.2, 0) is 9.53 Å². The van der Waals surface area contributed by atoms with Gasteiger partial charge < -0.3 is 15.5 Å². The highest BCUT2D eigenvalue weighted by molar-refractivity contribution is 5.74. The number of piperidine rings is 1. The molecule has 5 nitrogen and oxygen atoms in total. The van der Waals surface area contributed by atoms with E-state index in [1.165, 1.54) is 6.20 Å². The van der Waals surface area contributed by atoms with Gasteiger partial charge in [-0.2, -0.15) is 0 Å². The Labute approximate surface area is 96.4 Å². The predicted molar refractivity (Wildman–Crippen MR) is 61.7 cm³/mol. The first-order chi connectivity index (χ1) is 7.45. The summed E-state index contributed by atoms with van der Waals surface area (Å²) in [6.45, 7) is 6.06. The minimum absolute atomic E-state index is 0.181. The van der Waals surface area contributed by atoms with Gasteiger partial charge in [-0.1, -0.05) is 0 Å². The fraction of sp³-hybridized carbons (Fsp3) is 0.727. The summed E-state index contributed by atoms with van der Waals surface area (Å²) in [5, 5.41) is 1.58. The van der Waals surface area contributed by atoms with Crippen LogP contribution in [0, 0.1) is 5.92 Å². The van der Waals surface area contributed by atoms with Gasteiger partial charge in [-0.25, -0.2) is 5.84 Å². The highest BCUT2D eigenvalue weighted by atomic mass is 16.5. The van der Waals surface area contributed by atoms with E-state index in [9.17, 15) is 4.79 Å². The van der Waals surface area contributed by atoms with Gasteiger partial charge in [0.15, 0.2) is 0 Å². The normalized spacial score (nSPS) is 26.9. The van der Waals surface area contributed by atoms with Gasteiger partial charge in [-0.05, 0) is 33.6 Å². The second kappa shape index (κ2) is 4.74. The fourth-order valence-electron chi connectivity index (χ4n) is 2.12. The first-order valence-corrected chi connectivity index (χ1v) is 5.57. The minimum atomic E-state index is -0.463. The molecule has 16 heavy (non-hydrogen) atoms. The molecule has 1 atom stereocenters. The molecule has 0 radical (unpaired) electrons. The molecule has 92 valence electrons. The molecule has 1 aliphatic heterocycles. The van der Waals surface area contributed by atoms with Crippen LogP contribution in [-0.4, -0.2) is 23.1 Å². The molecule has 0 bridgehead atoms. The van der Waals surface area contributed by atoms with Crippen molar-refractivity contribution in [1.29, 1.82) is 0 Å². The first kappa shape index (κ1) is 12.8. The van der Waals surface area contributed by atoms with Gasteiger partial charge >= 0.3 is 5.97 Å². The molecule has 5 heteroatoms. The maximum Gasteiger partial charge on any atom is 0.311 e. The molecule has 0 aromatic rings. The van der Waals surface area contributed by atoms with Crippen molar-refractivity contribution in [3.63, 3.8) is 0 Å². The Balaban J connectivity index is 2.87. The molecule has 0 amide bonds. The smallest absolute Gasteiger partial charge is 0.311 e. The molecular formula is C11H21N3O2. The number of hydrogen-bond donors (Lipinski definition) is 2. The molecule has 0 aliphatic carbocycles. The summed E-state index contributed by atoms with van der Waals surface area (Å²) in [5.74, 6) is 5.58. The first-order valence-electron chi connectivity index (χ1n) is 5.57. The standard InChI is InChI=1S/C11H21N3O2/c1-4-16-10(15)9-6-5-8(7-12)14(13)11(9,2)3/h7,9H,4-6,12-13H2,1-3H3/b8-7-. The van der Waals surface area contributed by atoms with Crippen LogP contribution in [0.25, 0.3) is 0 Å². The van der Waals surface area contributed by atoms with Crippen LogP contribution in [0.1, 0.15) is 33.6 Å². The van der Waals surface area contributed by atoms with Crippen LogP contribution in [0.4, 0.5) is 0 Å². The summed E-state index contributed by atoms with van der Waals surface area (Å²) in [4.78, 5) is 11.8. The number of nitrogens with zero attached hydrogens (tertiary/aromatic N) is 1. The summed E-state index contributed by atoms with van der Waals surface area (Å²) in [6.07, 6.45) is 2.94. The maximum absolute atomic E-state index is 11.8. The van der Waals surface area contributed by atoms with Crippen molar-refractivity contribution in [1.82, 2.24) is 5.01 Å². The average molecular weight is 227 g/mol. The van der Waals surface area contributed by atoms with Crippen molar-refractivity contribution < 1.29 is 9.53 Å². The Morgan fingerprint density at radius 1 is 1.69 bits per heavy atom. The van der Waals surface area contributed by atoms with E-state index in [1.54, 1.807) is 11.9 Å². The number of ether oxygens (including phenoxy) is 1. The number of hydrazine groups is 1. The number of nitrogens with two attached hydrogens (primary N) is 2. The van der Waals surface area contributed by atoms with Crippen LogP contribution in [0.3, 0.4) is 0 Å². The van der Waals surface area contributed by atoms with Crippen LogP contribution in [0.15, 0.2) is 11.9 Å². The quantitative estimate of drug-likeness (QED) is 0.536. The second-order valence-electron chi connectivity index (χ2n) is 4.52. The minimum Gasteiger partial charge on any atom is -0.466 e. The molecule has 0 aromatic heterocycles. The number of carbonyl (C=O) groups is 1. The van der Waals surface area contributed by atoms with E-state index in [-0.39, 0.29) is 11.9 Å². The Morgan fingerprint density at radius 3 is 2.81 bits per heavy atom. The van der Waals surface area contributed by atoms with Crippen LogP contribution < -0.4 is 11.6 Å². The van der Waals surface area contributed by atoms with Crippen LogP contribution >= 0.6 is 0 Å². The van der Waals surface area contributed by atoms with E-state index < -0.39 is 5.54 Å². The molecule has 0 aromatic carbocycles. The number of allylic oxidation sites excluding steroid dienone is 1. The molecule has 1 aliphatic rings. The number of esters is 1. The molecule has 1 heterocycles. The summed E-state index contributed by atoms with van der Waals surface area (Å²) in [5.41, 5.74) is 5.90. The van der Waals surface area contributed by atoms with Gasteiger partial charge in [0.05, 0.1) is 18.1 Å². The van der Waals surface area contributed by atoms with Gasteiger partial charge in [0.1, 0.15) is 0 Å². The molecule has 1 unspecified atom stereocenters. The van der Waals surface area contributed by atoms with Gasteiger partial charge in [0.25, 0.3) is 0 Å². The van der Waals surface area contributed by atoms with E-state index >= 15 is 0 Å². The summed E-state index contributed by atoms with van der Waals surface area (Å²) in [6, 6.07) is 0. The predicted octanol–water partition coefficient (Wildman–Crippen LogP) is 0.714. The lowest BCUT2D eigenvalue weighted by Crippen LogP contribution is -2.58. The summed E-state index contributed by atoms with van der Waals surface area (Å²) < 4.78 is 5.06. The third-order valence-electron chi connectivity index (χ3n) is 3.24. The van der Waals surface area contributed by atoms with Crippen molar-refractivity contribution in [2.24, 2.45) is 17.5 Å². The van der Waals surface area contributed by atoms with Crippen molar-refractivity contribution in [3.05, 3.63) is 11.9 Å². The van der Waals surface area contributed by atoms with E-state index in [2.05, 4.69) is 0 Å². The summed E-state index contributed by atoms with van der Waals surface area (Å²) >= 11 is 0. The molecule has 1 rings (SSSR count). The zero-order valence-corrected chi connectivity index (χ0v) is 10.2. The highest BCUT2D eigenvalue weighted by Crippen LogP contribution is 2.36. The Kier molecular flexibility index (Phi) is 3.80. The van der Waals surface area contributed by atoms with Gasteiger partial charge in [-0.3, -0.25) is 4.79 Å².